The van der Waals surface area contributed by atoms with Crippen molar-refractivity contribution in [1.29, 1.82) is 0 Å². The van der Waals surface area contributed by atoms with Crippen molar-refractivity contribution in [2.45, 2.75) is 33.4 Å². The van der Waals surface area contributed by atoms with E-state index >= 15 is 0 Å². The van der Waals surface area contributed by atoms with Crippen LogP contribution in [-0.2, 0) is 19.6 Å². The Morgan fingerprint density at radius 1 is 1.40 bits per heavy atom. The second kappa shape index (κ2) is 6.65. The number of ether oxygens (including phenoxy) is 1. The van der Waals surface area contributed by atoms with Gasteiger partial charge in [0.15, 0.2) is 6.29 Å². The number of halogens is 1. The lowest BCUT2D eigenvalue weighted by Crippen LogP contribution is -2.06. The molecule has 0 spiro atoms. The number of aryl methyl sites for hydroxylation is 2. The Kier molecular flexibility index (Phi) is 4.89. The molecule has 0 atom stereocenters. The quantitative estimate of drug-likeness (QED) is 0.760. The molecule has 0 bridgehead atoms. The zero-order valence-corrected chi connectivity index (χ0v) is 13.1. The Labute approximate surface area is 126 Å². The molecule has 0 aromatic carbocycles. The highest BCUT2D eigenvalue weighted by atomic mass is 79.9. The Morgan fingerprint density at radius 3 is 2.75 bits per heavy atom. The Morgan fingerprint density at radius 2 is 2.20 bits per heavy atom. The third-order valence-electron chi connectivity index (χ3n) is 2.95. The van der Waals surface area contributed by atoms with Crippen LogP contribution in [0.2, 0.25) is 0 Å². The van der Waals surface area contributed by atoms with E-state index in [9.17, 15) is 4.79 Å². The molecule has 0 saturated carbocycles. The van der Waals surface area contributed by atoms with Crippen LogP contribution in [0.25, 0.3) is 0 Å². The zero-order valence-electron chi connectivity index (χ0n) is 11.5. The van der Waals surface area contributed by atoms with E-state index in [1.165, 1.54) is 0 Å². The van der Waals surface area contributed by atoms with Gasteiger partial charge in [-0.25, -0.2) is 4.98 Å². The van der Waals surface area contributed by atoms with Gasteiger partial charge in [-0.15, -0.1) is 0 Å². The fourth-order valence-corrected chi connectivity index (χ4v) is 2.53. The molecule has 2 aromatic heterocycles. The maximum atomic E-state index is 10.5. The lowest BCUT2D eigenvalue weighted by molar-refractivity contribution is 0.111. The van der Waals surface area contributed by atoms with Crippen LogP contribution < -0.4 is 4.74 Å². The largest absolute Gasteiger partial charge is 0.486 e. The summed E-state index contributed by atoms with van der Waals surface area (Å²) >= 11 is 3.57. The van der Waals surface area contributed by atoms with Gasteiger partial charge in [0.05, 0.1) is 22.1 Å². The molecule has 0 amide bonds. The van der Waals surface area contributed by atoms with Crippen molar-refractivity contribution < 1.29 is 9.53 Å². The topological polar surface area (TPSA) is 57.0 Å². The maximum Gasteiger partial charge on any atom is 0.168 e. The van der Waals surface area contributed by atoms with E-state index in [1.807, 2.05) is 11.6 Å². The summed E-state index contributed by atoms with van der Waals surface area (Å²) in [5, 5.41) is 4.51. The first-order valence-electron chi connectivity index (χ1n) is 6.47. The minimum absolute atomic E-state index is 0.394. The highest BCUT2D eigenvalue weighted by molar-refractivity contribution is 9.10. The molecule has 2 rings (SSSR count). The van der Waals surface area contributed by atoms with Gasteiger partial charge in [0.1, 0.15) is 18.1 Å². The second-order valence-corrected chi connectivity index (χ2v) is 4.99. The van der Waals surface area contributed by atoms with E-state index in [0.29, 0.717) is 24.3 Å². The monoisotopic (exact) mass is 337 g/mol. The van der Waals surface area contributed by atoms with Crippen LogP contribution in [0.1, 0.15) is 35.7 Å². The predicted octanol–water partition coefficient (Wildman–Crippen LogP) is 3.01. The molecule has 6 heteroatoms. The van der Waals surface area contributed by atoms with Crippen molar-refractivity contribution in [2.75, 3.05) is 0 Å². The first-order chi connectivity index (χ1) is 9.69. The molecule has 0 unspecified atom stereocenters. The van der Waals surface area contributed by atoms with E-state index in [4.69, 9.17) is 4.74 Å². The fourth-order valence-electron chi connectivity index (χ4n) is 1.85. The van der Waals surface area contributed by atoms with Crippen molar-refractivity contribution in [1.82, 2.24) is 14.8 Å². The van der Waals surface area contributed by atoms with Crippen LogP contribution >= 0.6 is 15.9 Å². The van der Waals surface area contributed by atoms with Gasteiger partial charge in [-0.2, -0.15) is 5.10 Å². The van der Waals surface area contributed by atoms with Gasteiger partial charge in [-0.05, 0) is 41.4 Å². The molecule has 0 aliphatic rings. The molecule has 2 aromatic rings. The number of pyridine rings is 1. The minimum atomic E-state index is 0.394. The maximum absolute atomic E-state index is 10.5. The third kappa shape index (κ3) is 3.07. The molecule has 20 heavy (non-hydrogen) atoms. The summed E-state index contributed by atoms with van der Waals surface area (Å²) in [6.45, 7) is 5.31. The first kappa shape index (κ1) is 14.7. The first-order valence-corrected chi connectivity index (χ1v) is 7.27. The van der Waals surface area contributed by atoms with E-state index < -0.39 is 0 Å². The zero-order chi connectivity index (χ0) is 14.5. The molecule has 0 fully saturated rings. The predicted molar refractivity (Wildman–Crippen MR) is 78.9 cm³/mol. The van der Waals surface area contributed by atoms with Crippen molar-refractivity contribution in [3.63, 3.8) is 0 Å². The van der Waals surface area contributed by atoms with E-state index in [1.54, 1.807) is 18.3 Å². The van der Waals surface area contributed by atoms with Crippen molar-refractivity contribution in [2.24, 2.45) is 0 Å². The van der Waals surface area contributed by atoms with Crippen LogP contribution in [0.5, 0.6) is 5.75 Å². The van der Waals surface area contributed by atoms with Crippen LogP contribution in [0.4, 0.5) is 0 Å². The van der Waals surface area contributed by atoms with Gasteiger partial charge in [0.25, 0.3) is 0 Å². The standard InChI is InChI=1S/C14H16BrN3O2/c1-3-12-14(15)13(18(4-2)17-12)9-20-11-6-5-10(8-19)16-7-11/h5-8H,3-4,9H2,1-2H3. The summed E-state index contributed by atoms with van der Waals surface area (Å²) in [6, 6.07) is 3.37. The Bertz CT molecular complexity index is 593. The molecular formula is C14H16BrN3O2. The molecular weight excluding hydrogens is 322 g/mol. The lowest BCUT2D eigenvalue weighted by atomic mass is 10.3. The number of carbonyl (C=O) groups is 1. The number of aromatic nitrogens is 3. The number of rotatable bonds is 6. The summed E-state index contributed by atoms with van der Waals surface area (Å²) in [4.78, 5) is 14.5. The number of hydrogen-bond acceptors (Lipinski definition) is 4. The smallest absolute Gasteiger partial charge is 0.168 e. The Balaban J connectivity index is 2.13. The van der Waals surface area contributed by atoms with Gasteiger partial charge in [-0.1, -0.05) is 6.92 Å². The van der Waals surface area contributed by atoms with E-state index in [0.717, 1.165) is 28.8 Å². The minimum Gasteiger partial charge on any atom is -0.486 e. The number of nitrogens with zero attached hydrogens (tertiary/aromatic N) is 3. The average Bonchev–Trinajstić information content (AvgIpc) is 2.81. The molecule has 0 radical (unpaired) electrons. The Hall–Kier alpha value is -1.69. The van der Waals surface area contributed by atoms with Gasteiger partial charge in [0, 0.05) is 6.54 Å². The normalized spacial score (nSPS) is 10.6. The van der Waals surface area contributed by atoms with Gasteiger partial charge in [-0.3, -0.25) is 9.48 Å². The molecule has 2 heterocycles. The third-order valence-corrected chi connectivity index (χ3v) is 3.87. The van der Waals surface area contributed by atoms with Crippen molar-refractivity contribution >= 4 is 22.2 Å². The van der Waals surface area contributed by atoms with Crippen LogP contribution in [0, 0.1) is 0 Å². The second-order valence-electron chi connectivity index (χ2n) is 4.20. The molecule has 0 N–H and O–H groups in total. The van der Waals surface area contributed by atoms with E-state index in [-0.39, 0.29) is 0 Å². The molecule has 0 saturated heterocycles. The summed E-state index contributed by atoms with van der Waals surface area (Å²) in [7, 11) is 0. The average molecular weight is 338 g/mol. The summed E-state index contributed by atoms with van der Waals surface area (Å²) in [5.74, 6) is 0.629. The van der Waals surface area contributed by atoms with Crippen LogP contribution in [-0.4, -0.2) is 21.1 Å². The van der Waals surface area contributed by atoms with Crippen molar-refractivity contribution in [3.8, 4) is 5.75 Å². The molecule has 0 aliphatic carbocycles. The van der Waals surface area contributed by atoms with Crippen LogP contribution in [0.3, 0.4) is 0 Å². The van der Waals surface area contributed by atoms with Gasteiger partial charge < -0.3 is 4.74 Å². The fraction of sp³-hybridized carbons (Fsp3) is 0.357. The highest BCUT2D eigenvalue weighted by Crippen LogP contribution is 2.23. The summed E-state index contributed by atoms with van der Waals surface area (Å²) in [5.41, 5.74) is 2.43. The summed E-state index contributed by atoms with van der Waals surface area (Å²) < 4.78 is 8.63. The van der Waals surface area contributed by atoms with Crippen LogP contribution in [0.15, 0.2) is 22.8 Å². The van der Waals surface area contributed by atoms with E-state index in [2.05, 4.69) is 32.9 Å². The highest BCUT2D eigenvalue weighted by Gasteiger charge is 2.14. The van der Waals surface area contributed by atoms with Gasteiger partial charge in [0.2, 0.25) is 0 Å². The number of hydrogen-bond donors (Lipinski definition) is 0. The summed E-state index contributed by atoms with van der Waals surface area (Å²) in [6.07, 6.45) is 3.13. The van der Waals surface area contributed by atoms with Crippen molar-refractivity contribution in [3.05, 3.63) is 39.9 Å². The molecule has 5 nitrogen and oxygen atoms in total. The lowest BCUT2D eigenvalue weighted by Gasteiger charge is -2.08. The molecule has 106 valence electrons. The van der Waals surface area contributed by atoms with Gasteiger partial charge >= 0.3 is 0 Å². The molecule has 0 aliphatic heterocycles. The number of carbonyl (C=O) groups excluding carboxylic acids is 1. The number of aldehydes is 1. The SMILES string of the molecule is CCc1nn(CC)c(COc2ccc(C=O)nc2)c1Br.